The molecule has 4 fully saturated rings. The second-order valence-corrected chi connectivity index (χ2v) is 26.5. The first-order chi connectivity index (χ1) is 40.6. The number of rotatable bonds is 22. The third-order valence-electron chi connectivity index (χ3n) is 16.9. The topological polar surface area (TPSA) is 148 Å². The zero-order valence-electron chi connectivity index (χ0n) is 47.4. The minimum absolute atomic E-state index is 0.00563. The lowest BCUT2D eigenvalue weighted by molar-refractivity contribution is -0.141. The van der Waals surface area contributed by atoms with Gasteiger partial charge in [0.05, 0.1) is 44.3 Å². The summed E-state index contributed by atoms with van der Waals surface area (Å²) in [5.74, 6) is 1.59. The van der Waals surface area contributed by atoms with Crippen LogP contribution in [0.3, 0.4) is 0 Å². The van der Waals surface area contributed by atoms with Crippen LogP contribution in [0.15, 0.2) is 155 Å². The molecule has 84 heavy (non-hydrogen) atoms. The number of fused-ring (bicyclic) bond motifs is 2. The van der Waals surface area contributed by atoms with Crippen molar-refractivity contribution in [1.29, 1.82) is 0 Å². The van der Waals surface area contributed by atoms with Gasteiger partial charge in [-0.15, -0.1) is 23.5 Å². The highest BCUT2D eigenvalue weighted by Crippen LogP contribution is 2.37. The van der Waals surface area contributed by atoms with E-state index in [4.69, 9.17) is 52.1 Å². The molecule has 0 saturated carbocycles. The van der Waals surface area contributed by atoms with Gasteiger partial charge in [-0.1, -0.05) is 150 Å². The van der Waals surface area contributed by atoms with Gasteiger partial charge in [-0.3, -0.25) is 29.0 Å². The number of aryl methyl sites for hydroxylation is 4. The second-order valence-electron chi connectivity index (χ2n) is 22.8. The molecule has 2 unspecified atom stereocenters. The van der Waals surface area contributed by atoms with Gasteiger partial charge in [-0.25, -0.2) is 0 Å². The van der Waals surface area contributed by atoms with Crippen molar-refractivity contribution >= 4 is 93.3 Å². The average molecular weight is 1250 g/mol. The Hall–Kier alpha value is -5.06. The molecule has 444 valence electrons. The molecule has 4 N–H and O–H groups in total. The molecule has 0 bridgehead atoms. The standard InChI is InChI=1S/C34H38Cl2N2O3S.C33H37Cl2N3O3S/c1-23-19-29-34(41)37(18-17-26(38(29)21-23)14-11-24-7-3-2-4-8-24)30(22-42-33-10-6-5-9-32(33)40)31(39)16-13-25-12-15-27(35)28(36)20-25;34-26-14-11-23(18-27(26)35)12-15-30(39)29(21-42-32-9-5-4-8-31(32)40)37-17-16-25(13-10-22-6-2-1-3-7-22)38-20-24(36)19-28(38)33(37)41/h2-10,12,15,20,23,26,29-30,40H,11,13-14,16-19,21-22H2,1H3;1-9,11,14,18,24-25,28-29,40H,10,12-13,15-17,19-21,36H2/t23-,26?,29+,30-;24-,25?,28+,29-/m11/s1. The van der Waals surface area contributed by atoms with E-state index in [2.05, 4.69) is 65.3 Å². The third-order valence-corrected chi connectivity index (χ3v) is 20.7. The first kappa shape index (κ1) is 63.4. The summed E-state index contributed by atoms with van der Waals surface area (Å²) in [6.07, 6.45) is 8.38. The van der Waals surface area contributed by atoms with Crippen LogP contribution in [0.5, 0.6) is 11.5 Å². The van der Waals surface area contributed by atoms with E-state index in [1.807, 2.05) is 58.3 Å². The van der Waals surface area contributed by atoms with Gasteiger partial charge < -0.3 is 25.7 Å². The first-order valence-corrected chi connectivity index (χ1v) is 32.8. The number of hydrogen-bond donors (Lipinski definition) is 3. The fourth-order valence-corrected chi connectivity index (χ4v) is 15.3. The summed E-state index contributed by atoms with van der Waals surface area (Å²) < 4.78 is 0. The monoisotopic (exact) mass is 1250 g/mol. The van der Waals surface area contributed by atoms with Crippen molar-refractivity contribution in [2.24, 2.45) is 11.7 Å². The Morgan fingerprint density at radius 3 is 1.39 bits per heavy atom. The number of carbonyl (C=O) groups is 4. The van der Waals surface area contributed by atoms with E-state index in [1.165, 1.54) is 34.7 Å². The Balaban J connectivity index is 0.000000202. The summed E-state index contributed by atoms with van der Waals surface area (Å²) in [5.41, 5.74) is 10.9. The molecule has 4 aliphatic rings. The number of halogens is 4. The van der Waals surface area contributed by atoms with Crippen LogP contribution in [0.2, 0.25) is 20.1 Å². The molecular formula is C67H75Cl4N5O6S2. The summed E-state index contributed by atoms with van der Waals surface area (Å²) >= 11 is 27.4. The van der Waals surface area contributed by atoms with Gasteiger partial charge in [0.1, 0.15) is 11.5 Å². The normalized spacial score (nSPS) is 21.6. The fourth-order valence-electron chi connectivity index (χ4n) is 12.4. The quantitative estimate of drug-likeness (QED) is 0.0558. The highest BCUT2D eigenvalue weighted by molar-refractivity contribution is 7.99. The van der Waals surface area contributed by atoms with Crippen molar-refractivity contribution in [3.8, 4) is 11.5 Å². The van der Waals surface area contributed by atoms with E-state index >= 15 is 0 Å². The summed E-state index contributed by atoms with van der Waals surface area (Å²) in [5, 5.41) is 22.6. The third kappa shape index (κ3) is 16.7. The SMILES string of the molecule is C[C@@H]1C[C@H]2C(=O)N([C@H](CSc3ccccc3O)C(=O)CCc3ccc(Cl)c(Cl)c3)CCC(CCc3ccccc3)N2C1.N[C@@H]1C[C@H]2C(=O)N([C@H](CSc3ccccc3O)C(=O)CCc3ccc(Cl)c(Cl)c3)CCC(CCc3ccccc3)N2C1. The predicted octanol–water partition coefficient (Wildman–Crippen LogP) is 13.3. The number of carbonyl (C=O) groups excluding carboxylic acids is 4. The van der Waals surface area contributed by atoms with Crippen molar-refractivity contribution in [2.75, 3.05) is 37.7 Å². The molecule has 4 heterocycles. The molecule has 0 aromatic heterocycles. The minimum Gasteiger partial charge on any atom is -0.507 e. The second kappa shape index (κ2) is 30.5. The van der Waals surface area contributed by atoms with Gasteiger partial charge in [0.25, 0.3) is 0 Å². The number of phenols is 2. The number of amides is 2. The highest BCUT2D eigenvalue weighted by Gasteiger charge is 2.47. The maximum Gasteiger partial charge on any atom is 0.240 e. The number of benzene rings is 6. The summed E-state index contributed by atoms with van der Waals surface area (Å²) in [7, 11) is 0. The summed E-state index contributed by atoms with van der Waals surface area (Å²) in [4.78, 5) is 66.0. The van der Waals surface area contributed by atoms with Gasteiger partial charge in [-0.2, -0.15) is 0 Å². The van der Waals surface area contributed by atoms with E-state index in [9.17, 15) is 29.4 Å². The average Bonchev–Trinajstić information content (AvgIpc) is 4.08. The van der Waals surface area contributed by atoms with Gasteiger partial charge in [0.15, 0.2) is 11.6 Å². The molecule has 17 heteroatoms. The zero-order valence-corrected chi connectivity index (χ0v) is 52.1. The van der Waals surface area contributed by atoms with E-state index in [0.29, 0.717) is 86.2 Å². The van der Waals surface area contributed by atoms with E-state index in [1.54, 1.807) is 48.5 Å². The molecule has 10 rings (SSSR count). The molecule has 6 aromatic carbocycles. The minimum atomic E-state index is -0.628. The molecule has 4 saturated heterocycles. The van der Waals surface area contributed by atoms with Crippen LogP contribution in [0.4, 0.5) is 0 Å². The Kier molecular flexibility index (Phi) is 23.1. The number of ketones is 2. The van der Waals surface area contributed by atoms with Gasteiger partial charge >= 0.3 is 0 Å². The maximum atomic E-state index is 14.2. The number of nitrogens with two attached hydrogens (primary N) is 1. The van der Waals surface area contributed by atoms with Crippen LogP contribution in [-0.4, -0.2) is 133 Å². The lowest BCUT2D eigenvalue weighted by Gasteiger charge is -2.32. The lowest BCUT2D eigenvalue weighted by atomic mass is 10.0. The van der Waals surface area contributed by atoms with Crippen LogP contribution < -0.4 is 5.73 Å². The van der Waals surface area contributed by atoms with Gasteiger partial charge in [0, 0.05) is 78.4 Å². The van der Waals surface area contributed by atoms with Crippen LogP contribution in [0.1, 0.15) is 80.5 Å². The van der Waals surface area contributed by atoms with Crippen molar-refractivity contribution < 1.29 is 29.4 Å². The van der Waals surface area contributed by atoms with Crippen LogP contribution >= 0.6 is 69.9 Å². The number of hydrogen-bond acceptors (Lipinski definition) is 11. The zero-order chi connectivity index (χ0) is 59.3. The van der Waals surface area contributed by atoms with Crippen molar-refractivity contribution in [1.82, 2.24) is 19.6 Å². The molecule has 4 aliphatic heterocycles. The highest BCUT2D eigenvalue weighted by atomic mass is 35.5. The smallest absolute Gasteiger partial charge is 0.240 e. The van der Waals surface area contributed by atoms with Crippen molar-refractivity contribution in [3.63, 3.8) is 0 Å². The molecule has 0 spiro atoms. The molecule has 8 atom stereocenters. The van der Waals surface area contributed by atoms with Crippen LogP contribution in [-0.2, 0) is 44.9 Å². The van der Waals surface area contributed by atoms with Crippen molar-refractivity contribution in [3.05, 3.63) is 188 Å². The molecule has 2 amide bonds. The largest absolute Gasteiger partial charge is 0.507 e. The predicted molar refractivity (Wildman–Crippen MR) is 342 cm³/mol. The number of aromatic hydroxyl groups is 2. The van der Waals surface area contributed by atoms with Crippen LogP contribution in [0.25, 0.3) is 0 Å². The van der Waals surface area contributed by atoms with Gasteiger partial charge in [-0.05, 0) is 141 Å². The number of Topliss-reactive ketones (excluding diaryl/α,β-unsaturated/α-hetero) is 2. The molecular weight excluding hydrogens is 1180 g/mol. The molecule has 6 aromatic rings. The van der Waals surface area contributed by atoms with Crippen molar-refractivity contribution in [2.45, 2.75) is 136 Å². The lowest BCUT2D eigenvalue weighted by Crippen LogP contribution is -2.51. The number of para-hydroxylation sites is 2. The maximum absolute atomic E-state index is 14.2. The molecule has 11 nitrogen and oxygen atoms in total. The van der Waals surface area contributed by atoms with Crippen LogP contribution in [0, 0.1) is 5.92 Å². The number of nitrogens with zero attached hydrogens (tertiary/aromatic N) is 4. The Labute approximate surface area is 523 Å². The molecule has 0 aliphatic carbocycles. The van der Waals surface area contributed by atoms with Gasteiger partial charge in [0.2, 0.25) is 11.8 Å². The van der Waals surface area contributed by atoms with E-state index < -0.39 is 12.1 Å². The first-order valence-electron chi connectivity index (χ1n) is 29.3. The summed E-state index contributed by atoms with van der Waals surface area (Å²) in [6.45, 7) is 4.86. The van der Waals surface area contributed by atoms with E-state index in [0.717, 1.165) is 62.6 Å². The fraction of sp³-hybridized carbons (Fsp3) is 0.403. The van der Waals surface area contributed by atoms with E-state index in [-0.39, 0.29) is 77.9 Å². The number of phenolic OH excluding ortho intramolecular Hbond substituents is 2. The molecule has 0 radical (unpaired) electrons. The Bertz CT molecular complexity index is 2990. The Morgan fingerprint density at radius 2 is 0.952 bits per heavy atom. The number of thioether (sulfide) groups is 2. The Morgan fingerprint density at radius 1 is 0.536 bits per heavy atom. The summed E-state index contributed by atoms with van der Waals surface area (Å²) in [6, 6.07) is 44.7.